The van der Waals surface area contributed by atoms with Gasteiger partial charge in [-0.15, -0.1) is 0 Å². The topological polar surface area (TPSA) is 73.5 Å². The van der Waals surface area contributed by atoms with Crippen LogP contribution in [0, 0.1) is 13.8 Å². The summed E-state index contributed by atoms with van der Waals surface area (Å²) >= 11 is 0. The average molecular weight is 384 g/mol. The van der Waals surface area contributed by atoms with E-state index in [0.29, 0.717) is 0 Å². The Bertz CT molecular complexity index is 1200. The fourth-order valence-electron chi connectivity index (χ4n) is 4.11. The van der Waals surface area contributed by atoms with E-state index in [0.717, 1.165) is 46.5 Å². The van der Waals surface area contributed by atoms with Crippen molar-refractivity contribution in [1.82, 2.24) is 24.9 Å². The molecule has 0 saturated carbocycles. The maximum Gasteiger partial charge on any atom is 0.151 e. The van der Waals surface area contributed by atoms with Gasteiger partial charge in [-0.25, -0.2) is 9.97 Å². The first kappa shape index (κ1) is 17.7. The van der Waals surface area contributed by atoms with E-state index in [4.69, 9.17) is 4.98 Å². The fraction of sp³-hybridized carbons (Fsp3) is 0.261. The van der Waals surface area contributed by atoms with Crippen molar-refractivity contribution in [2.75, 3.05) is 11.4 Å². The number of imidazole rings is 2. The Morgan fingerprint density at radius 3 is 2.59 bits per heavy atom. The van der Waals surface area contributed by atoms with E-state index >= 15 is 0 Å². The summed E-state index contributed by atoms with van der Waals surface area (Å²) in [4.78, 5) is 22.6. The van der Waals surface area contributed by atoms with E-state index in [2.05, 4.69) is 56.9 Å². The molecule has 1 aliphatic rings. The van der Waals surface area contributed by atoms with Crippen molar-refractivity contribution in [3.8, 4) is 22.6 Å². The Hall–Kier alpha value is -3.41. The highest BCUT2D eigenvalue weighted by atomic mass is 15.2. The van der Waals surface area contributed by atoms with Gasteiger partial charge in [0.05, 0.1) is 5.69 Å². The summed E-state index contributed by atoms with van der Waals surface area (Å²) in [5.74, 6) is 2.74. The van der Waals surface area contributed by atoms with Gasteiger partial charge in [0.2, 0.25) is 0 Å². The van der Waals surface area contributed by atoms with Crippen molar-refractivity contribution < 1.29 is 0 Å². The molecule has 0 radical (unpaired) electrons. The van der Waals surface area contributed by atoms with Crippen molar-refractivity contribution in [2.24, 2.45) is 0 Å². The SMILES string of the molecule is Cc1cc(-c2nc(-c3ccc4c(c3)N(c3c[nH]c(C)n3)CC4(C)C)c[nH]2)ccn1. The van der Waals surface area contributed by atoms with Gasteiger partial charge in [-0.3, -0.25) is 4.98 Å². The minimum atomic E-state index is 0.0615. The first-order valence-electron chi connectivity index (χ1n) is 9.84. The van der Waals surface area contributed by atoms with E-state index in [1.54, 1.807) is 0 Å². The van der Waals surface area contributed by atoms with Gasteiger partial charge >= 0.3 is 0 Å². The number of nitrogens with zero attached hydrogens (tertiary/aromatic N) is 4. The average Bonchev–Trinajstić information content (AvgIpc) is 3.40. The number of hydrogen-bond acceptors (Lipinski definition) is 4. The molecule has 146 valence electrons. The van der Waals surface area contributed by atoms with Gasteiger partial charge in [0.15, 0.2) is 5.82 Å². The Labute approximate surface area is 170 Å². The molecule has 4 heterocycles. The van der Waals surface area contributed by atoms with Crippen LogP contribution in [0.1, 0.15) is 30.9 Å². The lowest BCUT2D eigenvalue weighted by Crippen LogP contribution is -2.25. The predicted molar refractivity (Wildman–Crippen MR) is 115 cm³/mol. The summed E-state index contributed by atoms with van der Waals surface area (Å²) < 4.78 is 0. The summed E-state index contributed by atoms with van der Waals surface area (Å²) in [7, 11) is 0. The zero-order valence-electron chi connectivity index (χ0n) is 17.1. The van der Waals surface area contributed by atoms with Crippen LogP contribution in [-0.4, -0.2) is 31.5 Å². The van der Waals surface area contributed by atoms with Crippen molar-refractivity contribution in [3.05, 3.63) is 66.0 Å². The van der Waals surface area contributed by atoms with Crippen molar-refractivity contribution in [3.63, 3.8) is 0 Å². The summed E-state index contributed by atoms with van der Waals surface area (Å²) in [5.41, 5.74) is 6.63. The number of hydrogen-bond donors (Lipinski definition) is 2. The number of aryl methyl sites for hydroxylation is 2. The molecular weight excluding hydrogens is 360 g/mol. The Morgan fingerprint density at radius 2 is 1.83 bits per heavy atom. The molecule has 0 amide bonds. The van der Waals surface area contributed by atoms with Crippen molar-refractivity contribution >= 4 is 11.5 Å². The number of anilines is 2. The van der Waals surface area contributed by atoms with Crippen molar-refractivity contribution in [2.45, 2.75) is 33.1 Å². The number of aromatic nitrogens is 5. The number of fused-ring (bicyclic) bond motifs is 1. The van der Waals surface area contributed by atoms with Crippen LogP contribution in [0.25, 0.3) is 22.6 Å². The third-order valence-electron chi connectivity index (χ3n) is 5.58. The van der Waals surface area contributed by atoms with Gasteiger partial charge in [0, 0.05) is 53.1 Å². The molecule has 4 aromatic rings. The molecule has 0 spiro atoms. The molecule has 0 unspecified atom stereocenters. The molecule has 6 heteroatoms. The van der Waals surface area contributed by atoms with Crippen LogP contribution >= 0.6 is 0 Å². The number of H-pyrrole nitrogens is 2. The van der Waals surface area contributed by atoms with E-state index < -0.39 is 0 Å². The molecule has 6 nitrogen and oxygen atoms in total. The van der Waals surface area contributed by atoms with Gasteiger partial charge in [0.1, 0.15) is 11.6 Å². The second-order valence-corrected chi connectivity index (χ2v) is 8.37. The van der Waals surface area contributed by atoms with Crippen LogP contribution in [0.4, 0.5) is 11.5 Å². The maximum absolute atomic E-state index is 4.83. The second kappa shape index (κ2) is 6.30. The molecular formula is C23H24N6. The minimum absolute atomic E-state index is 0.0615. The monoisotopic (exact) mass is 384 g/mol. The van der Waals surface area contributed by atoms with E-state index in [1.807, 2.05) is 44.6 Å². The van der Waals surface area contributed by atoms with Crippen LogP contribution < -0.4 is 4.90 Å². The molecule has 0 atom stereocenters. The molecule has 1 aliphatic heterocycles. The Morgan fingerprint density at radius 1 is 0.966 bits per heavy atom. The van der Waals surface area contributed by atoms with Crippen LogP contribution in [0.15, 0.2) is 48.9 Å². The smallest absolute Gasteiger partial charge is 0.151 e. The van der Waals surface area contributed by atoms with E-state index in [-0.39, 0.29) is 5.41 Å². The minimum Gasteiger partial charge on any atom is -0.347 e. The van der Waals surface area contributed by atoms with Crippen LogP contribution in [-0.2, 0) is 5.41 Å². The summed E-state index contributed by atoms with van der Waals surface area (Å²) in [6, 6.07) is 10.6. The molecule has 1 aromatic carbocycles. The molecule has 0 saturated heterocycles. The third-order valence-corrected chi connectivity index (χ3v) is 5.58. The lowest BCUT2D eigenvalue weighted by Gasteiger charge is -2.20. The Kier molecular flexibility index (Phi) is 3.84. The van der Waals surface area contributed by atoms with Gasteiger partial charge < -0.3 is 14.9 Å². The first-order chi connectivity index (χ1) is 13.9. The fourth-order valence-corrected chi connectivity index (χ4v) is 4.11. The number of nitrogens with one attached hydrogen (secondary N) is 2. The Balaban J connectivity index is 1.55. The number of pyridine rings is 1. The quantitative estimate of drug-likeness (QED) is 0.526. The molecule has 0 aliphatic carbocycles. The zero-order valence-corrected chi connectivity index (χ0v) is 17.1. The molecule has 2 N–H and O–H groups in total. The number of benzene rings is 1. The molecule has 0 bridgehead atoms. The standard InChI is InChI=1S/C23H24N6/c1-14-9-17(7-8-24-14)22-26-11-19(28-22)16-5-6-18-20(10-16)29(13-23(18,3)4)21-12-25-15(2)27-21/h5-12H,13H2,1-4H3,(H,25,27)(H,26,28). The van der Waals surface area contributed by atoms with Crippen LogP contribution in [0.3, 0.4) is 0 Å². The second-order valence-electron chi connectivity index (χ2n) is 8.37. The highest BCUT2D eigenvalue weighted by molar-refractivity contribution is 5.77. The summed E-state index contributed by atoms with van der Waals surface area (Å²) in [5, 5.41) is 0. The lowest BCUT2D eigenvalue weighted by atomic mass is 9.86. The molecule has 5 rings (SSSR count). The molecule has 0 fully saturated rings. The highest BCUT2D eigenvalue weighted by Crippen LogP contribution is 2.45. The number of aromatic amines is 2. The summed E-state index contributed by atoms with van der Waals surface area (Å²) in [6.07, 6.45) is 5.76. The normalized spacial score (nSPS) is 15.0. The van der Waals surface area contributed by atoms with E-state index in [9.17, 15) is 0 Å². The van der Waals surface area contributed by atoms with Gasteiger partial charge in [0.25, 0.3) is 0 Å². The zero-order chi connectivity index (χ0) is 20.2. The summed E-state index contributed by atoms with van der Waals surface area (Å²) in [6.45, 7) is 9.43. The van der Waals surface area contributed by atoms with Crippen molar-refractivity contribution in [1.29, 1.82) is 0 Å². The van der Waals surface area contributed by atoms with Gasteiger partial charge in [-0.05, 0) is 37.6 Å². The highest BCUT2D eigenvalue weighted by Gasteiger charge is 2.36. The molecule has 3 aromatic heterocycles. The maximum atomic E-state index is 4.83. The van der Waals surface area contributed by atoms with Gasteiger partial charge in [-0.2, -0.15) is 0 Å². The first-order valence-corrected chi connectivity index (χ1v) is 9.84. The largest absolute Gasteiger partial charge is 0.347 e. The van der Waals surface area contributed by atoms with Crippen LogP contribution in [0.2, 0.25) is 0 Å². The third kappa shape index (κ3) is 3.01. The predicted octanol–water partition coefficient (Wildman–Crippen LogP) is 4.91. The van der Waals surface area contributed by atoms with Crippen LogP contribution in [0.5, 0.6) is 0 Å². The number of rotatable bonds is 3. The molecule has 29 heavy (non-hydrogen) atoms. The van der Waals surface area contributed by atoms with Gasteiger partial charge in [-0.1, -0.05) is 26.0 Å². The lowest BCUT2D eigenvalue weighted by molar-refractivity contribution is 0.568. The van der Waals surface area contributed by atoms with E-state index in [1.165, 1.54) is 11.3 Å².